The van der Waals surface area contributed by atoms with Crippen LogP contribution in [0.15, 0.2) is 108 Å². The fourth-order valence-electron chi connectivity index (χ4n) is 5.16. The van der Waals surface area contributed by atoms with Gasteiger partial charge in [0.1, 0.15) is 41.6 Å². The van der Waals surface area contributed by atoms with E-state index in [2.05, 4.69) is 122 Å². The lowest BCUT2D eigenvalue weighted by molar-refractivity contribution is -0.117. The van der Waals surface area contributed by atoms with E-state index in [0.717, 1.165) is 23.7 Å². The number of alkyl halides is 1. The molecule has 0 bridgehead atoms. The van der Waals surface area contributed by atoms with Gasteiger partial charge in [-0.25, -0.2) is 19.0 Å². The zero-order valence-electron chi connectivity index (χ0n) is 38.3. The van der Waals surface area contributed by atoms with Crippen LogP contribution in [0.1, 0.15) is 0 Å². The molecule has 1 amide bonds. The fourth-order valence-corrected chi connectivity index (χ4v) is 7.32. The van der Waals surface area contributed by atoms with E-state index < -0.39 is 21.2 Å². The first-order valence-electron chi connectivity index (χ1n) is 20.5. The van der Waals surface area contributed by atoms with Crippen LogP contribution in [-0.4, -0.2) is 127 Å². The summed E-state index contributed by atoms with van der Waals surface area (Å²) in [7, 11) is -2.10. The molecule has 74 heavy (non-hydrogen) atoms. The van der Waals surface area contributed by atoms with E-state index in [9.17, 15) is 9.82 Å². The van der Waals surface area contributed by atoms with Gasteiger partial charge >= 0.3 is 21.2 Å². The third kappa shape index (κ3) is 20.8. The summed E-state index contributed by atoms with van der Waals surface area (Å²) < 4.78 is 9.16. The number of imidazole rings is 2. The molecule has 10 rings (SSSR count). The number of halogens is 7. The highest BCUT2D eigenvalue weighted by Gasteiger charge is 2.12. The second-order valence-electron chi connectivity index (χ2n) is 14.0. The highest BCUT2D eigenvalue weighted by molar-refractivity contribution is 14.1. The molecule has 386 valence electrons. The number of rotatable bonds is 8. The van der Waals surface area contributed by atoms with E-state index in [1.54, 1.807) is 94.3 Å². The number of carbonyl (C=O) groups excluding carboxylic acids is 1. The van der Waals surface area contributed by atoms with Crippen molar-refractivity contribution in [2.24, 2.45) is 0 Å². The molecule has 0 aliphatic rings. The molecule has 0 unspecified atom stereocenters. The molecule has 37 heteroatoms. The van der Waals surface area contributed by atoms with Gasteiger partial charge in [-0.3, -0.25) is 18.7 Å². The van der Waals surface area contributed by atoms with Crippen molar-refractivity contribution in [2.45, 2.75) is 30.7 Å². The lowest BCUT2D eigenvalue weighted by atomic mass is 9.89. The first-order valence-corrected chi connectivity index (χ1v) is 25.5. The number of nitrogens with two attached hydrogens (primary N) is 2. The molecule has 11 N–H and O–H groups in total. The number of H-pyrrole nitrogens is 1. The predicted octanol–water partition coefficient (Wildman–Crippen LogP) is 6.45. The standard InChI is InChI=1S/C13H11BClN7OS.C7H8BIN4O.C6H4ClN3S.C4H4ClN3.C4H4IN3.C3H7BClNO2.HI/c1-14(23)17-9-7-22-10(16-9)4-5-12(20-22)24-13-19-18-11-3-2-8(15)6-21(11)13;1-8(14)11-6-4-13-7(10-6)3-2-5(9)12-13;7-4-1-2-5-8-9-6(11)10(5)3-4;2*5-3-1-2-4(6)8-7-3;1-4(8)6-3(7)2-5;/h2-7,17,23H,1H3;2-4,11,14H,1H3;1-3H,(H,9,11);2*1-2H,(H2,6,8);8H,2H2,1H3,(H,6,7);1H. The number of carbonyl (C=O) groups is 1. The Labute approximate surface area is 494 Å². The molecule has 0 aromatic carbocycles. The predicted molar refractivity (Wildman–Crippen MR) is 320 cm³/mol. The highest BCUT2D eigenvalue weighted by Crippen LogP contribution is 2.26. The molecule has 10 heterocycles. The summed E-state index contributed by atoms with van der Waals surface area (Å²) in [5.41, 5.74) is 13.4. The van der Waals surface area contributed by atoms with Gasteiger partial charge < -0.3 is 42.2 Å². The third-order valence-electron chi connectivity index (χ3n) is 8.00. The first kappa shape index (κ1) is 61.8. The average molecular weight is 1460 g/mol. The van der Waals surface area contributed by atoms with Gasteiger partial charge in [0.15, 0.2) is 32.5 Å². The number of nitrogens with zero attached hydrogens (tertiary/aromatic N) is 15. The molecular weight excluding hydrogens is 1420 g/mol. The molecule has 0 atom stereocenters. The van der Waals surface area contributed by atoms with Crippen molar-refractivity contribution < 1.29 is 19.9 Å². The minimum absolute atomic E-state index is 0. The fraction of sp³-hybridized carbons (Fsp3) is 0.108. The summed E-state index contributed by atoms with van der Waals surface area (Å²) in [6, 6.07) is 21.3. The van der Waals surface area contributed by atoms with Crippen molar-refractivity contribution in [3.05, 3.63) is 125 Å². The van der Waals surface area contributed by atoms with Gasteiger partial charge in [0, 0.05) is 12.4 Å². The van der Waals surface area contributed by atoms with Crippen molar-refractivity contribution in [1.29, 1.82) is 0 Å². The van der Waals surface area contributed by atoms with Crippen molar-refractivity contribution in [3.8, 4) is 0 Å². The monoisotopic (exact) mass is 1460 g/mol. The Morgan fingerprint density at radius 2 is 1.22 bits per heavy atom. The molecule has 25 nitrogen and oxygen atoms in total. The SMILES string of the molecule is CB(O)NC(=O)CCl.CB(O)Nc1cn2nc(I)ccc2n1.CB(O)Nc1cn2nc(Sc3nnc4ccc(Cl)cn34)ccc2n1.I.Nc1ccc(Cl)nn1.Nc1ccc(I)nn1.S=c1[nH]nc2ccc(Cl)cn12. The largest absolute Gasteiger partial charge is 0.433 e. The number of amides is 1. The van der Waals surface area contributed by atoms with Crippen LogP contribution in [0.3, 0.4) is 0 Å². The molecule has 0 radical (unpaired) electrons. The van der Waals surface area contributed by atoms with Crippen molar-refractivity contribution >= 4 is 212 Å². The molecule has 0 aliphatic carbocycles. The lowest BCUT2D eigenvalue weighted by Gasteiger charge is -2.00. The zero-order chi connectivity index (χ0) is 53.2. The third-order valence-corrected chi connectivity index (χ3v) is 11.2. The Balaban J connectivity index is 0.000000205. The number of hydrogen-bond donors (Lipinski definition) is 9. The van der Waals surface area contributed by atoms with Crippen LogP contribution in [-0.2, 0) is 4.79 Å². The summed E-state index contributed by atoms with van der Waals surface area (Å²) in [5.74, 6) is 1.56. The van der Waals surface area contributed by atoms with Crippen molar-refractivity contribution in [2.75, 3.05) is 27.8 Å². The van der Waals surface area contributed by atoms with Crippen LogP contribution in [0.2, 0.25) is 35.7 Å². The second kappa shape index (κ2) is 30.8. The quantitative estimate of drug-likeness (QED) is 0.0342. The molecule has 10 aromatic heterocycles. The number of nitrogen functional groups attached to an aromatic ring is 2. The van der Waals surface area contributed by atoms with Gasteiger partial charge in [-0.05, 0) is 162 Å². The number of aromatic amines is 1. The Kier molecular flexibility index (Phi) is 25.7. The van der Waals surface area contributed by atoms with Gasteiger partial charge in [0.05, 0.1) is 22.4 Å². The summed E-state index contributed by atoms with van der Waals surface area (Å²) >= 11 is 32.7. The number of pyridine rings is 2. The number of anilines is 4. The summed E-state index contributed by atoms with van der Waals surface area (Å²) in [4.78, 5) is 18.8. The van der Waals surface area contributed by atoms with Crippen LogP contribution < -0.4 is 27.2 Å². The Morgan fingerprint density at radius 1 is 0.676 bits per heavy atom. The molecule has 0 aliphatic heterocycles. The van der Waals surface area contributed by atoms with Crippen LogP contribution in [0.25, 0.3) is 22.6 Å². The van der Waals surface area contributed by atoms with Crippen molar-refractivity contribution in [3.63, 3.8) is 0 Å². The molecular formula is C37H39B3Cl4I3N21O4S2. The topological polar surface area (TPSA) is 341 Å². The Hall–Kier alpha value is -4.70. The summed E-state index contributed by atoms with van der Waals surface area (Å²) in [5, 5.41) is 75.6. The maximum Gasteiger partial charge on any atom is 0.409 e. The van der Waals surface area contributed by atoms with Gasteiger partial charge in [-0.15, -0.1) is 66.2 Å². The van der Waals surface area contributed by atoms with Crippen LogP contribution >= 0.6 is 140 Å². The maximum atomic E-state index is 10.2. The summed E-state index contributed by atoms with van der Waals surface area (Å²) in [6.45, 7) is 4.71. The van der Waals surface area contributed by atoms with Crippen LogP contribution in [0, 0.1) is 12.2 Å². The van der Waals surface area contributed by atoms with Crippen molar-refractivity contribution in [1.82, 2.24) is 84.0 Å². The Bertz CT molecular complexity index is 3340. The van der Waals surface area contributed by atoms with E-state index in [1.807, 2.05) is 34.7 Å². The van der Waals surface area contributed by atoms with E-state index in [-0.39, 0.29) is 35.8 Å². The Morgan fingerprint density at radius 3 is 1.73 bits per heavy atom. The molecule has 10 aromatic rings. The molecule has 0 fully saturated rings. The molecule has 0 saturated heterocycles. The van der Waals surface area contributed by atoms with E-state index in [4.69, 9.17) is 80.1 Å². The van der Waals surface area contributed by atoms with Gasteiger partial charge in [0.25, 0.3) is 0 Å². The van der Waals surface area contributed by atoms with E-state index in [0.29, 0.717) is 59.7 Å². The normalized spacial score (nSPS) is 10.1. The van der Waals surface area contributed by atoms with Crippen LogP contribution in [0.4, 0.5) is 23.3 Å². The average Bonchev–Trinajstić information content (AvgIpc) is 4.13. The van der Waals surface area contributed by atoms with Gasteiger partial charge in [-0.2, -0.15) is 15.3 Å². The number of hydrogen-bond acceptors (Lipinski definition) is 21. The zero-order valence-corrected chi connectivity index (χ0v) is 49.6. The smallest absolute Gasteiger partial charge is 0.409 e. The van der Waals surface area contributed by atoms with E-state index >= 15 is 0 Å². The first-order chi connectivity index (χ1) is 34.7. The minimum atomic E-state index is -0.804. The number of aromatic nitrogens is 16. The number of nitrogens with one attached hydrogen (secondary N) is 4. The number of fused-ring (bicyclic) bond motifs is 4. The molecule has 0 saturated carbocycles. The maximum absolute atomic E-state index is 10.2. The van der Waals surface area contributed by atoms with E-state index in [1.165, 1.54) is 18.6 Å². The highest BCUT2D eigenvalue weighted by atomic mass is 127. The van der Waals surface area contributed by atoms with Gasteiger partial charge in [0.2, 0.25) is 11.1 Å². The lowest BCUT2D eigenvalue weighted by Crippen LogP contribution is -2.36. The van der Waals surface area contributed by atoms with Gasteiger partial charge in [-0.1, -0.05) is 34.8 Å². The minimum Gasteiger partial charge on any atom is -0.433 e. The second-order valence-corrected chi connectivity index (χ2v) is 19.1. The summed E-state index contributed by atoms with van der Waals surface area (Å²) in [6.07, 6.45) is 6.94. The molecule has 0 spiro atoms. The van der Waals surface area contributed by atoms with Crippen LogP contribution in [0.5, 0.6) is 0 Å².